The molecule has 4 fully saturated rings. The van der Waals surface area contributed by atoms with Crippen LogP contribution in [0.25, 0.3) is 0 Å². The SMILES string of the molecule is C[C@H](CCC(C)(C)O)[C@H]1CC[C@H]2[C@@H]3CC[C@H]4[C@@H](O)[C@@H](OCc5ccncc5)CC[C@]4(C)[C@H]3CC[C@]12C. The van der Waals surface area contributed by atoms with Gasteiger partial charge in [-0.25, -0.2) is 0 Å². The van der Waals surface area contributed by atoms with Crippen LogP contribution in [0.1, 0.15) is 104 Å². The van der Waals surface area contributed by atoms with E-state index in [-0.39, 0.29) is 17.6 Å². The molecule has 202 valence electrons. The summed E-state index contributed by atoms with van der Waals surface area (Å²) in [6, 6.07) is 4.01. The maximum absolute atomic E-state index is 11.5. The summed E-state index contributed by atoms with van der Waals surface area (Å²) < 4.78 is 6.29. The first kappa shape index (κ1) is 26.6. The van der Waals surface area contributed by atoms with Crippen LogP contribution in [0.2, 0.25) is 0 Å². The molecule has 1 heterocycles. The second-order valence-corrected chi connectivity index (χ2v) is 14.4. The normalized spacial score (nSPS) is 43.4. The number of aromatic nitrogens is 1. The average Bonchev–Trinajstić information content (AvgIpc) is 3.19. The molecule has 4 nitrogen and oxygen atoms in total. The molecule has 0 spiro atoms. The average molecular weight is 498 g/mol. The molecule has 4 saturated carbocycles. The van der Waals surface area contributed by atoms with Crippen molar-refractivity contribution in [1.29, 1.82) is 0 Å². The van der Waals surface area contributed by atoms with Crippen LogP contribution in [-0.2, 0) is 11.3 Å². The Morgan fingerprint density at radius 3 is 2.36 bits per heavy atom. The number of aliphatic hydroxyl groups excluding tert-OH is 1. The highest BCUT2D eigenvalue weighted by Crippen LogP contribution is 2.68. The Labute approximate surface area is 219 Å². The Morgan fingerprint density at radius 1 is 0.972 bits per heavy atom. The summed E-state index contributed by atoms with van der Waals surface area (Å²) in [6.07, 6.45) is 15.3. The fourth-order valence-electron chi connectivity index (χ4n) is 9.92. The van der Waals surface area contributed by atoms with Gasteiger partial charge in [-0.3, -0.25) is 4.98 Å². The molecule has 0 aromatic carbocycles. The molecule has 5 rings (SSSR count). The lowest BCUT2D eigenvalue weighted by molar-refractivity contribution is -0.187. The van der Waals surface area contributed by atoms with E-state index < -0.39 is 5.60 Å². The van der Waals surface area contributed by atoms with Gasteiger partial charge in [0, 0.05) is 12.4 Å². The summed E-state index contributed by atoms with van der Waals surface area (Å²) in [7, 11) is 0. The standard InChI is InChI=1S/C32H51NO3/c1-21(10-15-30(2,3)35)24-8-9-25-23-6-7-27-29(34)28(36-20-22-13-18-33-19-14-22)12-17-32(27,5)26(23)11-16-31(24,25)4/h13-14,18-19,21,23-29,34-35H,6-12,15-17,20H2,1-5H3/t21-,23+,24-,25+,26+,27+,28+,29-,31-,32-/m1/s1. The van der Waals surface area contributed by atoms with Gasteiger partial charge in [0.25, 0.3) is 0 Å². The van der Waals surface area contributed by atoms with Crippen LogP contribution in [-0.4, -0.2) is 33.0 Å². The summed E-state index contributed by atoms with van der Waals surface area (Å²) in [4.78, 5) is 4.10. The number of pyridine rings is 1. The van der Waals surface area contributed by atoms with Crippen LogP contribution < -0.4 is 0 Å². The first-order valence-electron chi connectivity index (χ1n) is 14.9. The van der Waals surface area contributed by atoms with Crippen molar-refractivity contribution in [3.05, 3.63) is 30.1 Å². The Bertz CT molecular complexity index is 883. The van der Waals surface area contributed by atoms with Gasteiger partial charge in [-0.05, 0) is 142 Å². The van der Waals surface area contributed by atoms with Gasteiger partial charge >= 0.3 is 0 Å². The molecule has 36 heavy (non-hydrogen) atoms. The van der Waals surface area contributed by atoms with E-state index in [1.165, 1.54) is 38.5 Å². The van der Waals surface area contributed by atoms with Crippen LogP contribution >= 0.6 is 0 Å². The Balaban J connectivity index is 1.25. The Morgan fingerprint density at radius 2 is 1.64 bits per heavy atom. The third-order valence-electron chi connectivity index (χ3n) is 11.9. The van der Waals surface area contributed by atoms with E-state index in [1.807, 2.05) is 38.4 Å². The molecule has 4 aliphatic carbocycles. The predicted molar refractivity (Wildman–Crippen MR) is 144 cm³/mol. The lowest BCUT2D eigenvalue weighted by Crippen LogP contribution is -2.58. The molecule has 4 heteroatoms. The molecule has 4 aliphatic rings. The Hall–Kier alpha value is -0.970. The van der Waals surface area contributed by atoms with Crippen LogP contribution in [0.5, 0.6) is 0 Å². The quantitative estimate of drug-likeness (QED) is 0.436. The smallest absolute Gasteiger partial charge is 0.0841 e. The number of aliphatic hydroxyl groups is 2. The molecule has 10 atom stereocenters. The zero-order chi connectivity index (χ0) is 25.7. The van der Waals surface area contributed by atoms with Crippen molar-refractivity contribution < 1.29 is 14.9 Å². The highest BCUT2D eigenvalue weighted by atomic mass is 16.5. The maximum atomic E-state index is 11.5. The fourth-order valence-corrected chi connectivity index (χ4v) is 9.92. The lowest BCUT2D eigenvalue weighted by Gasteiger charge is -2.62. The van der Waals surface area contributed by atoms with Crippen LogP contribution in [0.3, 0.4) is 0 Å². The molecule has 1 aromatic rings. The van der Waals surface area contributed by atoms with Crippen molar-refractivity contribution in [2.24, 2.45) is 46.3 Å². The minimum atomic E-state index is -0.556. The molecule has 0 aliphatic heterocycles. The summed E-state index contributed by atoms with van der Waals surface area (Å²) in [5.74, 6) is 4.24. The number of nitrogens with zero attached hydrogens (tertiary/aromatic N) is 1. The number of hydrogen-bond donors (Lipinski definition) is 2. The van der Waals surface area contributed by atoms with Crippen molar-refractivity contribution in [2.75, 3.05) is 0 Å². The summed E-state index contributed by atoms with van der Waals surface area (Å²) >= 11 is 0. The van der Waals surface area contributed by atoms with Crippen molar-refractivity contribution >= 4 is 0 Å². The van der Waals surface area contributed by atoms with E-state index in [0.29, 0.717) is 23.9 Å². The van der Waals surface area contributed by atoms with Crippen molar-refractivity contribution in [1.82, 2.24) is 4.98 Å². The third-order valence-corrected chi connectivity index (χ3v) is 11.9. The van der Waals surface area contributed by atoms with Crippen molar-refractivity contribution in [2.45, 2.75) is 123 Å². The predicted octanol–water partition coefficient (Wildman–Crippen LogP) is 6.78. The topological polar surface area (TPSA) is 62.6 Å². The lowest BCUT2D eigenvalue weighted by atomic mass is 9.44. The van der Waals surface area contributed by atoms with Gasteiger partial charge in [-0.15, -0.1) is 0 Å². The largest absolute Gasteiger partial charge is 0.390 e. The highest BCUT2D eigenvalue weighted by molar-refractivity contribution is 5.12. The second-order valence-electron chi connectivity index (χ2n) is 14.4. The molecule has 0 unspecified atom stereocenters. The van der Waals surface area contributed by atoms with Gasteiger partial charge in [0.2, 0.25) is 0 Å². The molecule has 0 saturated heterocycles. The van der Waals surface area contributed by atoms with Crippen LogP contribution in [0.15, 0.2) is 24.5 Å². The van der Waals surface area contributed by atoms with Crippen LogP contribution in [0, 0.1) is 46.3 Å². The second kappa shape index (κ2) is 9.97. The summed E-state index contributed by atoms with van der Waals surface area (Å²) in [5.41, 5.74) is 1.27. The molecule has 0 bridgehead atoms. The molecular formula is C32H51NO3. The van der Waals surface area contributed by atoms with E-state index in [2.05, 4.69) is 25.8 Å². The fraction of sp³-hybridized carbons (Fsp3) is 0.844. The molecular weight excluding hydrogens is 446 g/mol. The van der Waals surface area contributed by atoms with Gasteiger partial charge in [-0.2, -0.15) is 0 Å². The molecule has 1 aromatic heterocycles. The van der Waals surface area contributed by atoms with Gasteiger partial charge < -0.3 is 14.9 Å². The number of fused-ring (bicyclic) bond motifs is 5. The van der Waals surface area contributed by atoms with E-state index in [1.54, 1.807) is 0 Å². The van der Waals surface area contributed by atoms with Gasteiger partial charge in [0.05, 0.1) is 24.4 Å². The van der Waals surface area contributed by atoms with Gasteiger partial charge in [0.1, 0.15) is 0 Å². The minimum Gasteiger partial charge on any atom is -0.390 e. The van der Waals surface area contributed by atoms with E-state index in [4.69, 9.17) is 4.74 Å². The zero-order valence-corrected chi connectivity index (χ0v) is 23.5. The molecule has 2 N–H and O–H groups in total. The van der Waals surface area contributed by atoms with Crippen LogP contribution in [0.4, 0.5) is 0 Å². The number of ether oxygens (including phenoxy) is 1. The highest BCUT2D eigenvalue weighted by Gasteiger charge is 2.62. The zero-order valence-electron chi connectivity index (χ0n) is 23.5. The summed E-state index contributed by atoms with van der Waals surface area (Å²) in [6.45, 7) is 12.1. The summed E-state index contributed by atoms with van der Waals surface area (Å²) in [5, 5.41) is 21.8. The van der Waals surface area contributed by atoms with Crippen molar-refractivity contribution in [3.63, 3.8) is 0 Å². The van der Waals surface area contributed by atoms with Crippen molar-refractivity contribution in [3.8, 4) is 0 Å². The molecule has 0 radical (unpaired) electrons. The maximum Gasteiger partial charge on any atom is 0.0841 e. The van der Waals surface area contributed by atoms with E-state index in [9.17, 15) is 10.2 Å². The molecule has 0 amide bonds. The number of hydrogen-bond acceptors (Lipinski definition) is 4. The van der Waals surface area contributed by atoms with Gasteiger partial charge in [-0.1, -0.05) is 20.8 Å². The minimum absolute atomic E-state index is 0.0471. The van der Waals surface area contributed by atoms with E-state index >= 15 is 0 Å². The number of rotatable bonds is 7. The first-order valence-corrected chi connectivity index (χ1v) is 14.9. The third kappa shape index (κ3) is 4.80. The first-order chi connectivity index (χ1) is 17.0. The van der Waals surface area contributed by atoms with E-state index in [0.717, 1.165) is 54.9 Å². The van der Waals surface area contributed by atoms with Gasteiger partial charge in [0.15, 0.2) is 0 Å². The monoisotopic (exact) mass is 497 g/mol. The Kier molecular flexibility index (Phi) is 7.37.